The van der Waals surface area contributed by atoms with Gasteiger partial charge in [-0.3, -0.25) is 0 Å². The Labute approximate surface area is 121 Å². The van der Waals surface area contributed by atoms with Gasteiger partial charge in [0.05, 0.1) is 10.0 Å². The van der Waals surface area contributed by atoms with Gasteiger partial charge in [0.25, 0.3) is 0 Å². The second-order valence-electron chi connectivity index (χ2n) is 3.93. The molecule has 0 radical (unpaired) electrons. The lowest BCUT2D eigenvalue weighted by atomic mass is 10.1. The first-order chi connectivity index (χ1) is 8.56. The van der Waals surface area contributed by atoms with Gasteiger partial charge in [0.2, 0.25) is 0 Å². The molecule has 0 spiro atoms. The van der Waals surface area contributed by atoms with Gasteiger partial charge in [0, 0.05) is 6.54 Å². The van der Waals surface area contributed by atoms with Crippen molar-refractivity contribution >= 4 is 40.6 Å². The number of nitrogens with zero attached hydrogens (tertiary/aromatic N) is 1. The van der Waals surface area contributed by atoms with Gasteiger partial charge in [0.15, 0.2) is 0 Å². The monoisotopic (exact) mass is 300 g/mol. The number of nitrogens with one attached hydrogen (secondary N) is 1. The summed E-state index contributed by atoms with van der Waals surface area (Å²) in [5.74, 6) is 0.535. The number of aryl methyl sites for hydroxylation is 1. The summed E-state index contributed by atoms with van der Waals surface area (Å²) >= 11 is 17.7. The lowest BCUT2D eigenvalue weighted by Crippen LogP contribution is -2.02. The van der Waals surface area contributed by atoms with Gasteiger partial charge in [-0.1, -0.05) is 64.6 Å². The van der Waals surface area contributed by atoms with Crippen LogP contribution in [0.2, 0.25) is 15.2 Å². The number of hydrogen-bond acceptors (Lipinski definition) is 2. The first-order valence-corrected chi connectivity index (χ1v) is 6.50. The van der Waals surface area contributed by atoms with Gasteiger partial charge in [-0.05, 0) is 18.6 Å². The molecule has 0 amide bonds. The summed E-state index contributed by atoms with van der Waals surface area (Å²) in [6.45, 7) is 2.68. The number of hydrogen-bond donors (Lipinski definition) is 1. The Balaban J connectivity index is 2.13. The molecule has 1 heterocycles. The molecule has 2 aromatic rings. The number of rotatable bonds is 3. The van der Waals surface area contributed by atoms with E-state index in [1.54, 1.807) is 6.07 Å². The fraction of sp³-hybridized carbons (Fsp3) is 0.154. The number of pyridine rings is 1. The fourth-order valence-electron chi connectivity index (χ4n) is 1.58. The van der Waals surface area contributed by atoms with E-state index in [2.05, 4.69) is 16.4 Å². The average Bonchev–Trinajstić information content (AvgIpc) is 2.32. The van der Waals surface area contributed by atoms with Crippen LogP contribution in [0.4, 0.5) is 5.82 Å². The predicted molar refractivity (Wildman–Crippen MR) is 77.8 cm³/mol. The molecule has 0 atom stereocenters. The van der Waals surface area contributed by atoms with Crippen LogP contribution in [0.3, 0.4) is 0 Å². The van der Waals surface area contributed by atoms with Crippen molar-refractivity contribution in [2.75, 3.05) is 5.32 Å². The zero-order valence-corrected chi connectivity index (χ0v) is 11.9. The highest BCUT2D eigenvalue weighted by molar-refractivity contribution is 6.42. The molecule has 2 nitrogen and oxygen atoms in total. The highest BCUT2D eigenvalue weighted by atomic mass is 35.5. The molecule has 0 aliphatic heterocycles. The lowest BCUT2D eigenvalue weighted by molar-refractivity contribution is 1.11. The Morgan fingerprint density at radius 3 is 2.61 bits per heavy atom. The maximum absolute atomic E-state index is 6.03. The molecule has 0 aliphatic carbocycles. The van der Waals surface area contributed by atoms with Crippen molar-refractivity contribution < 1.29 is 0 Å². The molecule has 0 saturated carbocycles. The maximum Gasteiger partial charge on any atom is 0.150 e. The van der Waals surface area contributed by atoms with Crippen LogP contribution in [0.15, 0.2) is 30.3 Å². The van der Waals surface area contributed by atoms with Crippen molar-refractivity contribution in [1.82, 2.24) is 4.98 Å². The minimum Gasteiger partial charge on any atom is -0.365 e. The summed E-state index contributed by atoms with van der Waals surface area (Å²) in [6.07, 6.45) is 0. The molecule has 0 fully saturated rings. The minimum atomic E-state index is 0.243. The van der Waals surface area contributed by atoms with Gasteiger partial charge in [-0.25, -0.2) is 4.98 Å². The molecule has 2 rings (SSSR count). The summed E-state index contributed by atoms with van der Waals surface area (Å²) < 4.78 is 0. The molecule has 0 aliphatic rings. The summed E-state index contributed by atoms with van der Waals surface area (Å²) in [5.41, 5.74) is 2.36. The van der Waals surface area contributed by atoms with Crippen LogP contribution >= 0.6 is 34.8 Å². The molecular formula is C13H11Cl3N2. The van der Waals surface area contributed by atoms with Crippen LogP contribution < -0.4 is 5.32 Å². The third-order valence-electron chi connectivity index (χ3n) is 2.43. The van der Waals surface area contributed by atoms with Gasteiger partial charge >= 0.3 is 0 Å². The SMILES string of the molecule is Cc1cccc(CNc2nc(Cl)c(Cl)cc2Cl)c1. The van der Waals surface area contributed by atoms with Crippen LogP contribution in [0.1, 0.15) is 11.1 Å². The Morgan fingerprint density at radius 2 is 1.89 bits per heavy atom. The molecule has 94 valence electrons. The summed E-state index contributed by atoms with van der Waals surface area (Å²) in [6, 6.07) is 9.77. The van der Waals surface area contributed by atoms with Crippen molar-refractivity contribution in [3.8, 4) is 0 Å². The fourth-order valence-corrected chi connectivity index (χ4v) is 2.14. The molecule has 1 aromatic carbocycles. The normalized spacial score (nSPS) is 10.4. The smallest absolute Gasteiger partial charge is 0.150 e. The van der Waals surface area contributed by atoms with Crippen LogP contribution in [0.5, 0.6) is 0 Å². The highest BCUT2D eigenvalue weighted by Gasteiger charge is 2.07. The molecule has 0 unspecified atom stereocenters. The van der Waals surface area contributed by atoms with E-state index < -0.39 is 0 Å². The third kappa shape index (κ3) is 3.29. The quantitative estimate of drug-likeness (QED) is 0.810. The Kier molecular flexibility index (Phi) is 4.33. The van der Waals surface area contributed by atoms with E-state index in [0.29, 0.717) is 22.4 Å². The van der Waals surface area contributed by atoms with Crippen molar-refractivity contribution in [2.24, 2.45) is 0 Å². The van der Waals surface area contributed by atoms with Gasteiger partial charge in [-0.2, -0.15) is 0 Å². The average molecular weight is 302 g/mol. The summed E-state index contributed by atoms with van der Waals surface area (Å²) in [4.78, 5) is 4.10. The van der Waals surface area contributed by atoms with E-state index in [0.717, 1.165) is 5.56 Å². The third-order valence-corrected chi connectivity index (χ3v) is 3.39. The van der Waals surface area contributed by atoms with E-state index in [9.17, 15) is 0 Å². The Morgan fingerprint density at radius 1 is 1.11 bits per heavy atom. The Bertz CT molecular complexity index is 570. The van der Waals surface area contributed by atoms with E-state index in [1.165, 1.54) is 5.56 Å². The van der Waals surface area contributed by atoms with Crippen molar-refractivity contribution in [3.63, 3.8) is 0 Å². The van der Waals surface area contributed by atoms with Crippen LogP contribution in [0.25, 0.3) is 0 Å². The maximum atomic E-state index is 6.03. The van der Waals surface area contributed by atoms with E-state index in [4.69, 9.17) is 34.8 Å². The van der Waals surface area contributed by atoms with E-state index in [-0.39, 0.29) is 5.15 Å². The standard InChI is InChI=1S/C13H11Cl3N2/c1-8-3-2-4-9(5-8)7-17-13-11(15)6-10(14)12(16)18-13/h2-6H,7H2,1H3,(H,17,18). The van der Waals surface area contributed by atoms with Crippen LogP contribution in [-0.4, -0.2) is 4.98 Å². The summed E-state index contributed by atoms with van der Waals surface area (Å²) in [5, 5.41) is 4.19. The molecule has 18 heavy (non-hydrogen) atoms. The highest BCUT2D eigenvalue weighted by Crippen LogP contribution is 2.29. The number of anilines is 1. The number of benzene rings is 1. The molecule has 0 bridgehead atoms. The molecule has 0 saturated heterocycles. The largest absolute Gasteiger partial charge is 0.365 e. The van der Waals surface area contributed by atoms with Gasteiger partial charge in [-0.15, -0.1) is 0 Å². The minimum absolute atomic E-state index is 0.243. The topological polar surface area (TPSA) is 24.9 Å². The Hall–Kier alpha value is -0.960. The predicted octanol–water partition coefficient (Wildman–Crippen LogP) is 4.96. The second-order valence-corrected chi connectivity index (χ2v) is 5.11. The van der Waals surface area contributed by atoms with E-state index in [1.807, 2.05) is 25.1 Å². The van der Waals surface area contributed by atoms with Crippen molar-refractivity contribution in [1.29, 1.82) is 0 Å². The first kappa shape index (κ1) is 13.5. The first-order valence-electron chi connectivity index (χ1n) is 5.37. The van der Waals surface area contributed by atoms with Crippen LogP contribution in [0, 0.1) is 6.92 Å². The van der Waals surface area contributed by atoms with Crippen molar-refractivity contribution in [2.45, 2.75) is 13.5 Å². The summed E-state index contributed by atoms with van der Waals surface area (Å²) in [7, 11) is 0. The zero-order chi connectivity index (χ0) is 13.1. The van der Waals surface area contributed by atoms with Gasteiger partial charge in [0.1, 0.15) is 11.0 Å². The lowest BCUT2D eigenvalue weighted by Gasteiger charge is -2.09. The van der Waals surface area contributed by atoms with E-state index >= 15 is 0 Å². The number of halogens is 3. The number of aromatic nitrogens is 1. The molecule has 1 N–H and O–H groups in total. The molecule has 5 heteroatoms. The van der Waals surface area contributed by atoms with Crippen LogP contribution in [-0.2, 0) is 6.54 Å². The molecular weight excluding hydrogens is 291 g/mol. The van der Waals surface area contributed by atoms with Gasteiger partial charge < -0.3 is 5.32 Å². The zero-order valence-electron chi connectivity index (χ0n) is 9.67. The second kappa shape index (κ2) is 5.79. The van der Waals surface area contributed by atoms with Crippen molar-refractivity contribution in [3.05, 3.63) is 56.7 Å². The molecule has 1 aromatic heterocycles.